The van der Waals surface area contributed by atoms with Gasteiger partial charge in [-0.1, -0.05) is 51.1 Å². The molecule has 1 N–H and O–H groups in total. The lowest BCUT2D eigenvalue weighted by atomic mass is 9.69. The standard InChI is InChI=1S/C18H24BrNS/c1-4-18(5-2,14-10-8-7-9-11-14)17(20-6-3)16-15(19)12-13-21-16/h7-13,17,20H,4-6H2,1-3H3. The normalized spacial score (nSPS) is 13.3. The molecule has 114 valence electrons. The molecule has 1 unspecified atom stereocenters. The van der Waals surface area contributed by atoms with Gasteiger partial charge >= 0.3 is 0 Å². The monoisotopic (exact) mass is 365 g/mol. The summed E-state index contributed by atoms with van der Waals surface area (Å²) in [6.45, 7) is 7.78. The van der Waals surface area contributed by atoms with Crippen LogP contribution in [-0.4, -0.2) is 6.54 Å². The first-order chi connectivity index (χ1) is 10.2. The minimum absolute atomic E-state index is 0.130. The van der Waals surface area contributed by atoms with Crippen LogP contribution < -0.4 is 5.32 Å². The Morgan fingerprint density at radius 2 is 1.76 bits per heavy atom. The summed E-state index contributed by atoms with van der Waals surface area (Å²) >= 11 is 5.57. The van der Waals surface area contributed by atoms with Crippen LogP contribution in [0.1, 0.15) is 50.1 Å². The van der Waals surface area contributed by atoms with Crippen molar-refractivity contribution < 1.29 is 0 Å². The number of nitrogens with one attached hydrogen (secondary N) is 1. The molecule has 1 heterocycles. The van der Waals surface area contributed by atoms with E-state index in [2.05, 4.69) is 83.8 Å². The van der Waals surface area contributed by atoms with Crippen molar-refractivity contribution in [2.75, 3.05) is 6.54 Å². The van der Waals surface area contributed by atoms with Crippen molar-refractivity contribution in [3.63, 3.8) is 0 Å². The second-order valence-corrected chi connectivity index (χ2v) is 7.15. The van der Waals surface area contributed by atoms with Gasteiger partial charge in [0.25, 0.3) is 0 Å². The number of halogens is 1. The molecule has 0 aliphatic carbocycles. The maximum absolute atomic E-state index is 3.75. The number of likely N-dealkylation sites (N-methyl/N-ethyl adjacent to an activating group) is 1. The zero-order valence-corrected chi connectivity index (χ0v) is 15.4. The molecule has 21 heavy (non-hydrogen) atoms. The Morgan fingerprint density at radius 3 is 2.24 bits per heavy atom. The Morgan fingerprint density at radius 1 is 1.10 bits per heavy atom. The Labute approximate surface area is 140 Å². The molecular formula is C18H24BrNS. The quantitative estimate of drug-likeness (QED) is 0.641. The minimum Gasteiger partial charge on any atom is -0.309 e. The van der Waals surface area contributed by atoms with Crippen molar-refractivity contribution in [2.24, 2.45) is 0 Å². The SMILES string of the molecule is CCNC(c1sccc1Br)C(CC)(CC)c1ccccc1. The maximum Gasteiger partial charge on any atom is 0.0524 e. The number of hydrogen-bond donors (Lipinski definition) is 1. The Bertz CT molecular complexity index is 545. The number of hydrogen-bond acceptors (Lipinski definition) is 2. The van der Waals surface area contributed by atoms with Crippen molar-refractivity contribution in [3.05, 3.63) is 56.7 Å². The first-order valence-electron chi connectivity index (χ1n) is 7.71. The molecule has 0 aliphatic heterocycles. The molecular weight excluding hydrogens is 342 g/mol. The number of rotatable bonds is 7. The fourth-order valence-electron chi connectivity index (χ4n) is 3.26. The van der Waals surface area contributed by atoms with E-state index in [0.29, 0.717) is 6.04 Å². The smallest absolute Gasteiger partial charge is 0.0524 e. The topological polar surface area (TPSA) is 12.0 Å². The Kier molecular flexibility index (Phi) is 6.03. The van der Waals surface area contributed by atoms with Crippen molar-refractivity contribution in [2.45, 2.75) is 45.1 Å². The minimum atomic E-state index is 0.130. The van der Waals surface area contributed by atoms with Gasteiger partial charge in [-0.15, -0.1) is 11.3 Å². The highest BCUT2D eigenvalue weighted by Gasteiger charge is 2.39. The van der Waals surface area contributed by atoms with Gasteiger partial charge in [0.05, 0.1) is 6.04 Å². The molecule has 0 amide bonds. The largest absolute Gasteiger partial charge is 0.309 e. The molecule has 1 atom stereocenters. The molecule has 2 rings (SSSR count). The van der Waals surface area contributed by atoms with E-state index >= 15 is 0 Å². The highest BCUT2D eigenvalue weighted by atomic mass is 79.9. The lowest BCUT2D eigenvalue weighted by Crippen LogP contribution is -2.41. The van der Waals surface area contributed by atoms with Crippen molar-refractivity contribution in [1.82, 2.24) is 5.32 Å². The highest BCUT2D eigenvalue weighted by molar-refractivity contribution is 9.10. The van der Waals surface area contributed by atoms with Gasteiger partial charge in [-0.05, 0) is 52.3 Å². The molecule has 0 bridgehead atoms. The average Bonchev–Trinajstić information content (AvgIpc) is 2.95. The van der Waals surface area contributed by atoms with Gasteiger partial charge in [-0.3, -0.25) is 0 Å². The summed E-state index contributed by atoms with van der Waals surface area (Å²) in [6, 6.07) is 13.5. The van der Waals surface area contributed by atoms with Crippen molar-refractivity contribution in [3.8, 4) is 0 Å². The molecule has 0 aliphatic rings. The average molecular weight is 366 g/mol. The van der Waals surface area contributed by atoms with Gasteiger partial charge in [-0.25, -0.2) is 0 Å². The van der Waals surface area contributed by atoms with E-state index < -0.39 is 0 Å². The fraction of sp³-hybridized carbons (Fsp3) is 0.444. The molecule has 0 saturated carbocycles. The maximum atomic E-state index is 3.75. The first-order valence-corrected chi connectivity index (χ1v) is 9.38. The van der Waals surface area contributed by atoms with Crippen LogP contribution in [0, 0.1) is 0 Å². The lowest BCUT2D eigenvalue weighted by molar-refractivity contribution is 0.280. The van der Waals surface area contributed by atoms with Crippen LogP contribution in [0.2, 0.25) is 0 Å². The van der Waals surface area contributed by atoms with E-state index in [9.17, 15) is 0 Å². The van der Waals surface area contributed by atoms with Gasteiger partial charge in [0.2, 0.25) is 0 Å². The summed E-state index contributed by atoms with van der Waals surface area (Å²) in [6.07, 6.45) is 2.24. The Hall–Kier alpha value is -0.640. The summed E-state index contributed by atoms with van der Waals surface area (Å²) < 4.78 is 1.22. The second-order valence-electron chi connectivity index (χ2n) is 5.35. The summed E-state index contributed by atoms with van der Waals surface area (Å²) in [5, 5.41) is 5.92. The van der Waals surface area contributed by atoms with Crippen molar-refractivity contribution >= 4 is 27.3 Å². The van der Waals surface area contributed by atoms with Crippen LogP contribution in [0.3, 0.4) is 0 Å². The summed E-state index contributed by atoms with van der Waals surface area (Å²) in [5.74, 6) is 0. The zero-order valence-electron chi connectivity index (χ0n) is 13.0. The molecule has 0 radical (unpaired) electrons. The van der Waals surface area contributed by atoms with Gasteiger partial charge < -0.3 is 5.32 Å². The van der Waals surface area contributed by atoms with E-state index in [1.807, 2.05) is 11.3 Å². The zero-order chi connectivity index (χ0) is 15.3. The van der Waals surface area contributed by atoms with Gasteiger partial charge in [0, 0.05) is 14.8 Å². The molecule has 0 fully saturated rings. The molecule has 0 spiro atoms. The van der Waals surface area contributed by atoms with Crippen LogP contribution in [0.25, 0.3) is 0 Å². The lowest BCUT2D eigenvalue weighted by Gasteiger charge is -2.40. The van der Waals surface area contributed by atoms with Crippen molar-refractivity contribution in [1.29, 1.82) is 0 Å². The number of benzene rings is 1. The predicted molar refractivity (Wildman–Crippen MR) is 97.1 cm³/mol. The van der Waals surface area contributed by atoms with E-state index in [1.165, 1.54) is 14.9 Å². The number of thiophene rings is 1. The molecule has 1 aromatic carbocycles. The molecule has 1 nitrogen and oxygen atoms in total. The third kappa shape index (κ3) is 3.25. The third-order valence-corrected chi connectivity index (χ3v) is 6.41. The molecule has 2 aromatic rings. The summed E-state index contributed by atoms with van der Waals surface area (Å²) in [4.78, 5) is 1.41. The first kappa shape index (κ1) is 16.7. The predicted octanol–water partition coefficient (Wildman–Crippen LogP) is 5.92. The van der Waals surface area contributed by atoms with E-state index in [1.54, 1.807) is 0 Å². The summed E-state index contributed by atoms with van der Waals surface area (Å²) in [5.41, 5.74) is 1.56. The van der Waals surface area contributed by atoms with Crippen LogP contribution in [0.15, 0.2) is 46.3 Å². The molecule has 0 saturated heterocycles. The van der Waals surface area contributed by atoms with Crippen LogP contribution in [0.4, 0.5) is 0 Å². The molecule has 1 aromatic heterocycles. The van der Waals surface area contributed by atoms with E-state index in [-0.39, 0.29) is 5.41 Å². The fourth-order valence-corrected chi connectivity index (χ4v) is 5.05. The second kappa shape index (κ2) is 7.57. The van der Waals surface area contributed by atoms with Crippen LogP contribution >= 0.6 is 27.3 Å². The van der Waals surface area contributed by atoms with Gasteiger partial charge in [0.15, 0.2) is 0 Å². The van der Waals surface area contributed by atoms with Gasteiger partial charge in [-0.2, -0.15) is 0 Å². The Balaban J connectivity index is 2.54. The molecule has 3 heteroatoms. The van der Waals surface area contributed by atoms with E-state index in [0.717, 1.165) is 19.4 Å². The van der Waals surface area contributed by atoms with Crippen LogP contribution in [-0.2, 0) is 5.41 Å². The highest BCUT2D eigenvalue weighted by Crippen LogP contribution is 2.46. The van der Waals surface area contributed by atoms with Crippen LogP contribution in [0.5, 0.6) is 0 Å². The van der Waals surface area contributed by atoms with Gasteiger partial charge in [0.1, 0.15) is 0 Å². The third-order valence-electron chi connectivity index (χ3n) is 4.48. The summed E-state index contributed by atoms with van der Waals surface area (Å²) in [7, 11) is 0. The van der Waals surface area contributed by atoms with E-state index in [4.69, 9.17) is 0 Å².